The monoisotopic (exact) mass is 317 g/mol. The summed E-state index contributed by atoms with van der Waals surface area (Å²) in [5.74, 6) is 2.18. The van der Waals surface area contributed by atoms with Crippen molar-refractivity contribution < 1.29 is 14.1 Å². The Bertz CT molecular complexity index is 720. The Morgan fingerprint density at radius 3 is 2.96 bits per heavy atom. The zero-order valence-electron chi connectivity index (χ0n) is 13.2. The molecule has 1 N–H and O–H groups in total. The SMILES string of the molecule is Cc1ncc(C(=O)N2CCO[C@H](C)[C@H]2c2nc(C3CC3)no2)[nH]1. The number of nitrogens with one attached hydrogen (secondary N) is 1. The molecule has 23 heavy (non-hydrogen) atoms. The third-order valence-corrected chi connectivity index (χ3v) is 4.34. The molecule has 1 saturated carbocycles. The average molecular weight is 317 g/mol. The van der Waals surface area contributed by atoms with E-state index in [1.165, 1.54) is 0 Å². The van der Waals surface area contributed by atoms with E-state index in [0.717, 1.165) is 18.7 Å². The number of aromatic amines is 1. The fourth-order valence-electron chi connectivity index (χ4n) is 2.94. The van der Waals surface area contributed by atoms with Crippen molar-refractivity contribution >= 4 is 5.91 Å². The second kappa shape index (κ2) is 5.45. The number of morpholine rings is 1. The van der Waals surface area contributed by atoms with E-state index in [-0.39, 0.29) is 18.1 Å². The van der Waals surface area contributed by atoms with Crippen molar-refractivity contribution in [2.45, 2.75) is 44.8 Å². The fraction of sp³-hybridized carbons (Fsp3) is 0.600. The molecular weight excluding hydrogens is 298 g/mol. The second-order valence-electron chi connectivity index (χ2n) is 6.17. The molecule has 0 radical (unpaired) electrons. The van der Waals surface area contributed by atoms with Crippen molar-refractivity contribution in [3.63, 3.8) is 0 Å². The van der Waals surface area contributed by atoms with Crippen LogP contribution in [0.3, 0.4) is 0 Å². The van der Waals surface area contributed by atoms with Crippen LogP contribution in [0.5, 0.6) is 0 Å². The molecule has 2 atom stereocenters. The minimum atomic E-state index is -0.375. The van der Waals surface area contributed by atoms with Gasteiger partial charge in [0, 0.05) is 12.5 Å². The molecule has 1 aliphatic carbocycles. The quantitative estimate of drug-likeness (QED) is 0.923. The number of ether oxygens (including phenoxy) is 1. The van der Waals surface area contributed by atoms with Gasteiger partial charge in [0.15, 0.2) is 5.82 Å². The molecule has 8 nitrogen and oxygen atoms in total. The Hall–Kier alpha value is -2.22. The van der Waals surface area contributed by atoms with Gasteiger partial charge < -0.3 is 19.1 Å². The lowest BCUT2D eigenvalue weighted by Crippen LogP contribution is -2.47. The van der Waals surface area contributed by atoms with Crippen molar-refractivity contribution in [3.8, 4) is 0 Å². The summed E-state index contributed by atoms with van der Waals surface area (Å²) in [6, 6.07) is -0.375. The Balaban J connectivity index is 1.63. The molecule has 1 saturated heterocycles. The first-order valence-electron chi connectivity index (χ1n) is 7.91. The highest BCUT2D eigenvalue weighted by Crippen LogP contribution is 2.39. The third-order valence-electron chi connectivity index (χ3n) is 4.34. The van der Waals surface area contributed by atoms with Gasteiger partial charge in [-0.05, 0) is 26.7 Å². The van der Waals surface area contributed by atoms with Crippen LogP contribution in [0.25, 0.3) is 0 Å². The van der Waals surface area contributed by atoms with Gasteiger partial charge in [0.1, 0.15) is 17.6 Å². The summed E-state index contributed by atoms with van der Waals surface area (Å²) in [6.07, 6.45) is 3.56. The molecule has 2 aliphatic rings. The molecule has 0 bridgehead atoms. The summed E-state index contributed by atoms with van der Waals surface area (Å²) < 4.78 is 11.1. The minimum absolute atomic E-state index is 0.128. The van der Waals surface area contributed by atoms with Crippen LogP contribution in [0.4, 0.5) is 0 Å². The molecule has 2 aromatic heterocycles. The largest absolute Gasteiger partial charge is 0.374 e. The number of aromatic nitrogens is 4. The normalized spacial score (nSPS) is 24.9. The molecule has 2 aromatic rings. The first-order chi connectivity index (χ1) is 11.1. The summed E-state index contributed by atoms with van der Waals surface area (Å²) in [5.41, 5.74) is 0.462. The number of amides is 1. The van der Waals surface area contributed by atoms with Gasteiger partial charge in [-0.1, -0.05) is 5.16 Å². The van der Waals surface area contributed by atoms with Crippen LogP contribution in [0.2, 0.25) is 0 Å². The lowest BCUT2D eigenvalue weighted by Gasteiger charge is -2.37. The Labute approximate surface area is 133 Å². The first-order valence-corrected chi connectivity index (χ1v) is 7.91. The van der Waals surface area contributed by atoms with E-state index in [1.807, 2.05) is 13.8 Å². The Morgan fingerprint density at radius 1 is 1.43 bits per heavy atom. The molecule has 122 valence electrons. The van der Waals surface area contributed by atoms with Crippen LogP contribution in [-0.2, 0) is 4.74 Å². The van der Waals surface area contributed by atoms with Gasteiger partial charge in [0.05, 0.1) is 18.9 Å². The number of imidazole rings is 1. The van der Waals surface area contributed by atoms with E-state index < -0.39 is 0 Å². The van der Waals surface area contributed by atoms with Crippen molar-refractivity contribution in [3.05, 3.63) is 29.4 Å². The Morgan fingerprint density at radius 2 is 2.26 bits per heavy atom. The number of aryl methyl sites for hydroxylation is 1. The van der Waals surface area contributed by atoms with E-state index in [2.05, 4.69) is 20.1 Å². The van der Waals surface area contributed by atoms with Gasteiger partial charge in [-0.25, -0.2) is 4.98 Å². The lowest BCUT2D eigenvalue weighted by atomic mass is 10.1. The summed E-state index contributed by atoms with van der Waals surface area (Å²) in [4.78, 5) is 26.1. The number of carbonyl (C=O) groups is 1. The first kappa shape index (κ1) is 14.4. The van der Waals surface area contributed by atoms with Crippen LogP contribution in [0.15, 0.2) is 10.7 Å². The highest BCUT2D eigenvalue weighted by Gasteiger charge is 2.40. The second-order valence-corrected chi connectivity index (χ2v) is 6.17. The van der Waals surface area contributed by atoms with Gasteiger partial charge in [-0.2, -0.15) is 4.98 Å². The lowest BCUT2D eigenvalue weighted by molar-refractivity contribution is -0.0602. The topological polar surface area (TPSA) is 97.1 Å². The fourth-order valence-corrected chi connectivity index (χ4v) is 2.94. The number of H-pyrrole nitrogens is 1. The Kier molecular flexibility index (Phi) is 3.41. The number of hydrogen-bond acceptors (Lipinski definition) is 6. The summed E-state index contributed by atoms with van der Waals surface area (Å²) in [6.45, 7) is 4.70. The number of nitrogens with zero attached hydrogens (tertiary/aromatic N) is 4. The standard InChI is InChI=1S/C15H19N5O3/c1-8-12(14-18-13(19-23-14)10-3-4-10)20(5-6-22-8)15(21)11-7-16-9(2)17-11/h7-8,10,12H,3-6H2,1-2H3,(H,16,17)/t8-,12+/m1/s1. The summed E-state index contributed by atoms with van der Waals surface area (Å²) >= 11 is 0. The molecule has 3 heterocycles. The molecule has 2 fully saturated rings. The highest BCUT2D eigenvalue weighted by molar-refractivity contribution is 5.92. The number of carbonyl (C=O) groups excluding carboxylic acids is 1. The van der Waals surface area contributed by atoms with Crippen molar-refractivity contribution in [1.29, 1.82) is 0 Å². The van der Waals surface area contributed by atoms with Crippen molar-refractivity contribution in [1.82, 2.24) is 25.0 Å². The maximum Gasteiger partial charge on any atom is 0.272 e. The zero-order chi connectivity index (χ0) is 16.0. The van der Waals surface area contributed by atoms with Crippen LogP contribution in [-0.4, -0.2) is 50.2 Å². The molecule has 8 heteroatoms. The van der Waals surface area contributed by atoms with Crippen molar-refractivity contribution in [2.24, 2.45) is 0 Å². The molecule has 4 rings (SSSR count). The molecule has 1 amide bonds. The van der Waals surface area contributed by atoms with Gasteiger partial charge in [-0.3, -0.25) is 4.79 Å². The molecule has 0 aromatic carbocycles. The van der Waals surface area contributed by atoms with Gasteiger partial charge in [-0.15, -0.1) is 0 Å². The van der Waals surface area contributed by atoms with E-state index >= 15 is 0 Å². The van der Waals surface area contributed by atoms with Gasteiger partial charge in [0.2, 0.25) is 0 Å². The van der Waals surface area contributed by atoms with E-state index in [4.69, 9.17) is 9.26 Å². The van der Waals surface area contributed by atoms with Crippen LogP contribution in [0.1, 0.15) is 59.8 Å². The van der Waals surface area contributed by atoms with Crippen molar-refractivity contribution in [2.75, 3.05) is 13.2 Å². The number of hydrogen-bond donors (Lipinski definition) is 1. The van der Waals surface area contributed by atoms with Crippen LogP contribution >= 0.6 is 0 Å². The number of rotatable bonds is 3. The maximum atomic E-state index is 12.8. The predicted octanol–water partition coefficient (Wildman–Crippen LogP) is 1.58. The maximum absolute atomic E-state index is 12.8. The van der Waals surface area contributed by atoms with E-state index in [9.17, 15) is 4.79 Å². The smallest absolute Gasteiger partial charge is 0.272 e. The third kappa shape index (κ3) is 2.63. The highest BCUT2D eigenvalue weighted by atomic mass is 16.5. The summed E-state index contributed by atoms with van der Waals surface area (Å²) in [5, 5.41) is 4.06. The van der Waals surface area contributed by atoms with Crippen LogP contribution in [0, 0.1) is 6.92 Å². The van der Waals surface area contributed by atoms with Crippen LogP contribution < -0.4 is 0 Å². The van der Waals surface area contributed by atoms with E-state index in [1.54, 1.807) is 11.1 Å². The van der Waals surface area contributed by atoms with E-state index in [0.29, 0.717) is 36.5 Å². The minimum Gasteiger partial charge on any atom is -0.374 e. The molecule has 1 aliphatic heterocycles. The average Bonchev–Trinajstić information content (AvgIpc) is 3.12. The molecular formula is C15H19N5O3. The van der Waals surface area contributed by atoms with Gasteiger partial charge >= 0.3 is 0 Å². The summed E-state index contributed by atoms with van der Waals surface area (Å²) in [7, 11) is 0. The molecule has 0 spiro atoms. The van der Waals surface area contributed by atoms with Gasteiger partial charge in [0.25, 0.3) is 11.8 Å². The predicted molar refractivity (Wildman–Crippen MR) is 78.8 cm³/mol. The zero-order valence-corrected chi connectivity index (χ0v) is 13.2. The molecule has 0 unspecified atom stereocenters.